The molecule has 0 spiro atoms. The lowest BCUT2D eigenvalue weighted by molar-refractivity contribution is -0.149. The van der Waals surface area contributed by atoms with E-state index in [1.807, 2.05) is 24.3 Å². The molecular weight excluding hydrogens is 442 g/mol. The first-order chi connectivity index (χ1) is 13.4. The van der Waals surface area contributed by atoms with E-state index in [4.69, 9.17) is 4.74 Å². The van der Waals surface area contributed by atoms with Crippen LogP contribution in [0.3, 0.4) is 0 Å². The number of carboxylic acid groups (broad SMARTS) is 1. The Hall–Kier alpha value is -2.55. The van der Waals surface area contributed by atoms with Crippen LogP contribution in [0.1, 0.15) is 33.3 Å². The number of ether oxygens (including phenoxy) is 1. The zero-order chi connectivity index (χ0) is 21.9. The predicted molar refractivity (Wildman–Crippen MR) is 113 cm³/mol. The molecule has 158 valence electrons. The van der Waals surface area contributed by atoms with Crippen LogP contribution in [0.2, 0.25) is 0 Å². The van der Waals surface area contributed by atoms with Gasteiger partial charge in [-0.25, -0.2) is 9.59 Å². The van der Waals surface area contributed by atoms with Gasteiger partial charge in [-0.3, -0.25) is 4.79 Å². The Balaban J connectivity index is 2.17. The molecule has 2 rings (SSSR count). The summed E-state index contributed by atoms with van der Waals surface area (Å²) in [4.78, 5) is 40.9. The lowest BCUT2D eigenvalue weighted by Crippen LogP contribution is -2.52. The van der Waals surface area contributed by atoms with Crippen molar-refractivity contribution < 1.29 is 24.2 Å². The van der Waals surface area contributed by atoms with Gasteiger partial charge in [0.25, 0.3) is 0 Å². The molecule has 1 heterocycles. The molecule has 0 aliphatic heterocycles. The van der Waals surface area contributed by atoms with Crippen LogP contribution in [0.5, 0.6) is 0 Å². The van der Waals surface area contributed by atoms with Gasteiger partial charge in [0.15, 0.2) is 0 Å². The van der Waals surface area contributed by atoms with Gasteiger partial charge in [-0.05, 0) is 55.3 Å². The second-order valence-corrected chi connectivity index (χ2v) is 8.63. The highest BCUT2D eigenvalue weighted by Crippen LogP contribution is 2.28. The molecule has 0 aliphatic carbocycles. The number of carbonyl (C=O) groups is 3. The van der Waals surface area contributed by atoms with E-state index in [1.54, 1.807) is 20.8 Å². The molecule has 1 unspecified atom stereocenters. The van der Waals surface area contributed by atoms with Gasteiger partial charge in [0.1, 0.15) is 17.7 Å². The van der Waals surface area contributed by atoms with Crippen molar-refractivity contribution >= 4 is 44.8 Å². The lowest BCUT2D eigenvalue weighted by Gasteiger charge is -2.28. The van der Waals surface area contributed by atoms with Crippen LogP contribution >= 0.6 is 15.9 Å². The average molecular weight is 468 g/mol. The standard InChI is InChI=1S/C20H26BrN3O5/c1-11(22-19(28)29-20(2,3)4)17(25)24(5)15(18(26)27)10-13-12-8-6-7-9-14(12)23-16(13)21/h6-9,11,15,23H,10H2,1-5H3,(H,22,28)(H,26,27)/t11-,15?/m0/s1. The minimum absolute atomic E-state index is 0.0985. The predicted octanol–water partition coefficient (Wildman–Crippen LogP) is 3.30. The number of fused-ring (bicyclic) bond motifs is 1. The van der Waals surface area contributed by atoms with Crippen molar-refractivity contribution in [1.82, 2.24) is 15.2 Å². The molecule has 2 amide bonds. The summed E-state index contributed by atoms with van der Waals surface area (Å²) >= 11 is 3.44. The summed E-state index contributed by atoms with van der Waals surface area (Å²) < 4.78 is 5.82. The molecule has 0 radical (unpaired) electrons. The third kappa shape index (κ3) is 5.72. The van der Waals surface area contributed by atoms with Gasteiger partial charge in [0.05, 0.1) is 4.60 Å². The van der Waals surface area contributed by atoms with E-state index in [-0.39, 0.29) is 6.42 Å². The Morgan fingerprint density at radius 3 is 2.48 bits per heavy atom. The number of nitrogens with zero attached hydrogens (tertiary/aromatic N) is 1. The molecule has 0 fully saturated rings. The molecule has 1 aromatic carbocycles. The molecule has 0 saturated heterocycles. The number of carbonyl (C=O) groups excluding carboxylic acids is 2. The maximum atomic E-state index is 12.7. The molecule has 29 heavy (non-hydrogen) atoms. The van der Waals surface area contributed by atoms with Crippen LogP contribution < -0.4 is 5.32 Å². The monoisotopic (exact) mass is 467 g/mol. The van der Waals surface area contributed by atoms with E-state index >= 15 is 0 Å². The van der Waals surface area contributed by atoms with Crippen LogP contribution in [0.15, 0.2) is 28.9 Å². The van der Waals surface area contributed by atoms with Crippen molar-refractivity contribution in [2.75, 3.05) is 7.05 Å². The summed E-state index contributed by atoms with van der Waals surface area (Å²) in [6.07, 6.45) is -0.639. The summed E-state index contributed by atoms with van der Waals surface area (Å²) in [6, 6.07) is 5.47. The highest BCUT2D eigenvalue weighted by molar-refractivity contribution is 9.10. The molecule has 2 atom stereocenters. The third-order valence-electron chi connectivity index (χ3n) is 4.36. The van der Waals surface area contributed by atoms with Gasteiger partial charge in [0, 0.05) is 24.4 Å². The van der Waals surface area contributed by atoms with E-state index in [0.717, 1.165) is 21.4 Å². The van der Waals surface area contributed by atoms with Crippen LogP contribution in [-0.2, 0) is 20.7 Å². The number of alkyl carbamates (subject to hydrolysis) is 1. The van der Waals surface area contributed by atoms with Crippen LogP contribution in [0.25, 0.3) is 10.9 Å². The Bertz CT molecular complexity index is 918. The van der Waals surface area contributed by atoms with Crippen LogP contribution in [0.4, 0.5) is 4.79 Å². The number of hydrogen-bond acceptors (Lipinski definition) is 4. The number of halogens is 1. The number of H-pyrrole nitrogens is 1. The van der Waals surface area contributed by atoms with Crippen LogP contribution in [-0.4, -0.2) is 57.7 Å². The number of hydrogen-bond donors (Lipinski definition) is 3. The number of benzene rings is 1. The minimum atomic E-state index is -1.14. The Morgan fingerprint density at radius 2 is 1.90 bits per heavy atom. The number of likely N-dealkylation sites (N-methyl/N-ethyl adjacent to an activating group) is 1. The highest BCUT2D eigenvalue weighted by atomic mass is 79.9. The van der Waals surface area contributed by atoms with Crippen molar-refractivity contribution in [3.05, 3.63) is 34.4 Å². The number of aliphatic carboxylic acids is 1. The molecule has 0 saturated carbocycles. The van der Waals surface area contributed by atoms with E-state index in [2.05, 4.69) is 26.2 Å². The maximum absolute atomic E-state index is 12.7. The van der Waals surface area contributed by atoms with E-state index in [9.17, 15) is 19.5 Å². The van der Waals surface area contributed by atoms with Gasteiger partial charge in [-0.1, -0.05) is 18.2 Å². The molecular formula is C20H26BrN3O5. The van der Waals surface area contributed by atoms with Gasteiger partial charge >= 0.3 is 12.1 Å². The van der Waals surface area contributed by atoms with Crippen molar-refractivity contribution in [2.24, 2.45) is 0 Å². The normalized spacial score (nSPS) is 13.6. The molecule has 2 aromatic rings. The molecule has 0 aliphatic rings. The highest BCUT2D eigenvalue weighted by Gasteiger charge is 2.32. The van der Waals surface area contributed by atoms with Gasteiger partial charge < -0.3 is 25.0 Å². The Kier molecular flexibility index (Phi) is 6.94. The first-order valence-corrected chi connectivity index (χ1v) is 9.94. The van der Waals surface area contributed by atoms with Crippen molar-refractivity contribution in [3.63, 3.8) is 0 Å². The number of aromatic nitrogens is 1. The number of aromatic amines is 1. The van der Waals surface area contributed by atoms with Gasteiger partial charge in [0.2, 0.25) is 5.91 Å². The smallest absolute Gasteiger partial charge is 0.408 e. The first kappa shape index (κ1) is 22.7. The minimum Gasteiger partial charge on any atom is -0.480 e. The Labute approximate surface area is 177 Å². The first-order valence-electron chi connectivity index (χ1n) is 9.14. The van der Waals surface area contributed by atoms with Crippen molar-refractivity contribution in [3.8, 4) is 0 Å². The summed E-state index contributed by atoms with van der Waals surface area (Å²) in [6.45, 7) is 6.63. The molecule has 8 nitrogen and oxygen atoms in total. The van der Waals surface area contributed by atoms with Crippen molar-refractivity contribution in [2.45, 2.75) is 51.8 Å². The number of nitrogens with one attached hydrogen (secondary N) is 2. The van der Waals surface area contributed by atoms with Gasteiger partial charge in [-0.15, -0.1) is 0 Å². The molecule has 9 heteroatoms. The quantitative estimate of drug-likeness (QED) is 0.603. The third-order valence-corrected chi connectivity index (χ3v) is 5.04. The summed E-state index contributed by atoms with van der Waals surface area (Å²) in [5.41, 5.74) is 0.928. The van der Waals surface area contributed by atoms with Gasteiger partial charge in [-0.2, -0.15) is 0 Å². The SMILES string of the molecule is C[C@H](NC(=O)OC(C)(C)C)C(=O)N(C)C(Cc1c(Br)[nH]c2ccccc12)C(=O)O. The zero-order valence-corrected chi connectivity index (χ0v) is 18.7. The van der Waals surface area contributed by atoms with Crippen LogP contribution in [0, 0.1) is 0 Å². The van der Waals surface area contributed by atoms with E-state index < -0.39 is 35.7 Å². The fourth-order valence-electron chi connectivity index (χ4n) is 2.96. The number of carboxylic acids is 1. The summed E-state index contributed by atoms with van der Waals surface area (Å²) in [7, 11) is 1.41. The Morgan fingerprint density at radius 1 is 1.28 bits per heavy atom. The van der Waals surface area contributed by atoms with Crippen molar-refractivity contribution in [1.29, 1.82) is 0 Å². The second kappa shape index (κ2) is 8.86. The van der Waals surface area contributed by atoms with E-state index in [1.165, 1.54) is 14.0 Å². The summed E-state index contributed by atoms with van der Waals surface area (Å²) in [5, 5.41) is 13.1. The number of amides is 2. The molecule has 3 N–H and O–H groups in total. The molecule has 0 bridgehead atoms. The fourth-order valence-corrected chi connectivity index (χ4v) is 3.54. The lowest BCUT2D eigenvalue weighted by atomic mass is 10.0. The molecule has 1 aromatic heterocycles. The second-order valence-electron chi connectivity index (χ2n) is 7.84. The largest absolute Gasteiger partial charge is 0.480 e. The number of rotatable bonds is 6. The topological polar surface area (TPSA) is 112 Å². The fraction of sp³-hybridized carbons (Fsp3) is 0.450. The average Bonchev–Trinajstić information content (AvgIpc) is 2.91. The van der Waals surface area contributed by atoms with E-state index in [0.29, 0.717) is 4.60 Å². The number of para-hydroxylation sites is 1. The summed E-state index contributed by atoms with van der Waals surface area (Å²) in [5.74, 6) is -1.67. The maximum Gasteiger partial charge on any atom is 0.408 e. The zero-order valence-electron chi connectivity index (χ0n) is 17.1.